The van der Waals surface area contributed by atoms with Gasteiger partial charge in [0, 0.05) is 31.9 Å². The molecular formula is C20H25N7O. The molecule has 0 bridgehead atoms. The summed E-state index contributed by atoms with van der Waals surface area (Å²) in [5.74, 6) is 0.992. The molecule has 1 atom stereocenters. The lowest BCUT2D eigenvalue weighted by Crippen LogP contribution is -2.44. The first-order valence-corrected chi connectivity index (χ1v) is 9.84. The van der Waals surface area contributed by atoms with Gasteiger partial charge in [0.1, 0.15) is 17.0 Å². The molecule has 2 aliphatic rings. The Bertz CT molecular complexity index is 1020. The zero-order valence-corrected chi connectivity index (χ0v) is 16.3. The fourth-order valence-corrected chi connectivity index (χ4v) is 4.16. The summed E-state index contributed by atoms with van der Waals surface area (Å²) in [6, 6.07) is 4.47. The Kier molecular flexibility index (Phi) is 4.37. The van der Waals surface area contributed by atoms with Crippen molar-refractivity contribution in [1.29, 1.82) is 0 Å². The van der Waals surface area contributed by atoms with Crippen LogP contribution in [-0.4, -0.2) is 63.9 Å². The average molecular weight is 379 g/mol. The van der Waals surface area contributed by atoms with Crippen LogP contribution in [0.1, 0.15) is 18.9 Å². The maximum absolute atomic E-state index is 5.64. The van der Waals surface area contributed by atoms with Gasteiger partial charge in [-0.15, -0.1) is 0 Å². The van der Waals surface area contributed by atoms with E-state index in [9.17, 15) is 0 Å². The number of pyridine rings is 1. The van der Waals surface area contributed by atoms with E-state index >= 15 is 0 Å². The molecule has 1 fully saturated rings. The number of nitrogens with one attached hydrogen (secondary N) is 2. The molecule has 0 unspecified atom stereocenters. The van der Waals surface area contributed by atoms with Gasteiger partial charge in [0.15, 0.2) is 0 Å². The van der Waals surface area contributed by atoms with Gasteiger partial charge >= 0.3 is 0 Å². The number of nitrogens with zero attached hydrogens (tertiary/aromatic N) is 5. The van der Waals surface area contributed by atoms with Crippen LogP contribution in [0.15, 0.2) is 24.4 Å². The summed E-state index contributed by atoms with van der Waals surface area (Å²) >= 11 is 0. The van der Waals surface area contributed by atoms with Crippen molar-refractivity contribution in [2.75, 3.05) is 37.7 Å². The number of morpholine rings is 1. The molecule has 0 amide bonds. The van der Waals surface area contributed by atoms with E-state index in [1.165, 1.54) is 11.1 Å². The number of aryl methyl sites for hydroxylation is 1. The number of H-pyrrole nitrogens is 1. The van der Waals surface area contributed by atoms with E-state index in [2.05, 4.69) is 39.5 Å². The van der Waals surface area contributed by atoms with Gasteiger partial charge in [0.2, 0.25) is 0 Å². The van der Waals surface area contributed by atoms with Gasteiger partial charge in [-0.2, -0.15) is 10.2 Å². The van der Waals surface area contributed by atoms with Crippen molar-refractivity contribution in [2.24, 2.45) is 7.05 Å². The second-order valence-electron chi connectivity index (χ2n) is 7.47. The van der Waals surface area contributed by atoms with Crippen molar-refractivity contribution >= 4 is 22.4 Å². The highest BCUT2D eigenvalue weighted by Gasteiger charge is 2.25. The zero-order chi connectivity index (χ0) is 19.1. The molecule has 2 N–H and O–H groups in total. The highest BCUT2D eigenvalue weighted by atomic mass is 16.5. The predicted molar refractivity (Wildman–Crippen MR) is 109 cm³/mol. The molecule has 1 saturated heterocycles. The van der Waals surface area contributed by atoms with Gasteiger partial charge in [0.05, 0.1) is 30.5 Å². The van der Waals surface area contributed by atoms with Crippen molar-refractivity contribution < 1.29 is 4.74 Å². The van der Waals surface area contributed by atoms with Crippen molar-refractivity contribution in [3.8, 4) is 11.4 Å². The van der Waals surface area contributed by atoms with Gasteiger partial charge in [-0.3, -0.25) is 9.78 Å². The number of hydrogen-bond donors (Lipinski definition) is 2. The maximum atomic E-state index is 5.64. The third-order valence-electron chi connectivity index (χ3n) is 5.60. The third kappa shape index (κ3) is 2.89. The number of aromatic nitrogens is 5. The number of hydrogen-bond acceptors (Lipinski definition) is 6. The second kappa shape index (κ2) is 7.03. The number of rotatable bonds is 3. The Morgan fingerprint density at radius 1 is 1.32 bits per heavy atom. The first-order chi connectivity index (χ1) is 13.7. The van der Waals surface area contributed by atoms with E-state index in [1.807, 2.05) is 17.8 Å². The Labute approximate surface area is 163 Å². The molecule has 5 heterocycles. The maximum Gasteiger partial charge on any atom is 0.136 e. The van der Waals surface area contributed by atoms with E-state index in [0.29, 0.717) is 6.04 Å². The molecule has 0 aromatic carbocycles. The zero-order valence-electron chi connectivity index (χ0n) is 16.3. The lowest BCUT2D eigenvalue weighted by Gasteiger charge is -2.34. The second-order valence-corrected chi connectivity index (χ2v) is 7.47. The first kappa shape index (κ1) is 17.4. The Hall–Kier alpha value is -2.71. The van der Waals surface area contributed by atoms with E-state index in [1.54, 1.807) is 6.20 Å². The summed E-state index contributed by atoms with van der Waals surface area (Å²) in [7, 11) is 1.99. The van der Waals surface area contributed by atoms with Gasteiger partial charge in [-0.05, 0) is 37.6 Å². The molecule has 5 rings (SSSR count). The molecule has 2 aliphatic heterocycles. The summed E-state index contributed by atoms with van der Waals surface area (Å²) in [5.41, 5.74) is 6.29. The minimum absolute atomic E-state index is 0.292. The molecule has 3 aromatic heterocycles. The minimum atomic E-state index is 0.292. The third-order valence-corrected chi connectivity index (χ3v) is 5.60. The molecule has 8 heteroatoms. The molecule has 0 spiro atoms. The average Bonchev–Trinajstić information content (AvgIpc) is 3.37. The van der Waals surface area contributed by atoms with Crippen LogP contribution in [0.3, 0.4) is 0 Å². The van der Waals surface area contributed by atoms with Crippen LogP contribution < -0.4 is 10.2 Å². The summed E-state index contributed by atoms with van der Waals surface area (Å²) in [6.07, 6.45) is 5.04. The van der Waals surface area contributed by atoms with Crippen LogP contribution >= 0.6 is 0 Å². The number of fused-ring (bicyclic) bond motifs is 1. The normalized spacial score (nSPS) is 20.6. The predicted octanol–water partition coefficient (Wildman–Crippen LogP) is 1.96. The summed E-state index contributed by atoms with van der Waals surface area (Å²) in [4.78, 5) is 7.42. The van der Waals surface area contributed by atoms with Crippen molar-refractivity contribution in [2.45, 2.75) is 19.4 Å². The topological polar surface area (TPSA) is 83.9 Å². The van der Waals surface area contributed by atoms with Gasteiger partial charge < -0.3 is 15.0 Å². The minimum Gasteiger partial charge on any atom is -0.377 e. The Balaban J connectivity index is 1.75. The van der Waals surface area contributed by atoms with Crippen LogP contribution in [0.5, 0.6) is 0 Å². The molecule has 0 saturated carbocycles. The van der Waals surface area contributed by atoms with Crippen molar-refractivity contribution in [3.05, 3.63) is 30.0 Å². The first-order valence-electron chi connectivity index (χ1n) is 9.84. The van der Waals surface area contributed by atoms with E-state index in [4.69, 9.17) is 14.8 Å². The number of anilines is 1. The summed E-state index contributed by atoms with van der Waals surface area (Å²) in [5, 5.41) is 15.3. The van der Waals surface area contributed by atoms with Crippen LogP contribution in [0.25, 0.3) is 28.0 Å². The van der Waals surface area contributed by atoms with E-state index in [-0.39, 0.29) is 0 Å². The van der Waals surface area contributed by atoms with Crippen LogP contribution in [-0.2, 0) is 11.8 Å². The van der Waals surface area contributed by atoms with Crippen molar-refractivity contribution in [1.82, 2.24) is 30.3 Å². The van der Waals surface area contributed by atoms with E-state index < -0.39 is 0 Å². The molecule has 146 valence electrons. The summed E-state index contributed by atoms with van der Waals surface area (Å²) < 4.78 is 7.58. The highest BCUT2D eigenvalue weighted by molar-refractivity contribution is 5.97. The van der Waals surface area contributed by atoms with E-state index in [0.717, 1.165) is 67.5 Å². The smallest absolute Gasteiger partial charge is 0.136 e. The van der Waals surface area contributed by atoms with Gasteiger partial charge in [-0.25, -0.2) is 4.98 Å². The van der Waals surface area contributed by atoms with Crippen LogP contribution in [0, 0.1) is 0 Å². The Morgan fingerprint density at radius 2 is 2.25 bits per heavy atom. The van der Waals surface area contributed by atoms with Crippen molar-refractivity contribution in [3.63, 3.8) is 0 Å². The Morgan fingerprint density at radius 3 is 3.00 bits per heavy atom. The fourth-order valence-electron chi connectivity index (χ4n) is 4.16. The number of aromatic amines is 1. The quantitative estimate of drug-likeness (QED) is 0.724. The molecule has 8 nitrogen and oxygen atoms in total. The van der Waals surface area contributed by atoms with Crippen LogP contribution in [0.4, 0.5) is 5.82 Å². The lowest BCUT2D eigenvalue weighted by atomic mass is 9.98. The van der Waals surface area contributed by atoms with Gasteiger partial charge in [0.25, 0.3) is 0 Å². The monoisotopic (exact) mass is 379 g/mol. The summed E-state index contributed by atoms with van der Waals surface area (Å²) in [6.45, 7) is 6.37. The number of ether oxygens (including phenoxy) is 1. The van der Waals surface area contributed by atoms with Gasteiger partial charge in [-0.1, -0.05) is 6.08 Å². The standard InChI is InChI=1S/C20H25N7O/c1-13-12-28-10-9-27(13)17-11-15(14-3-6-21-7-4-14)20-19(23-17)18(25-26(20)2)16-5-8-22-24-16/h3,5,8,11,13,21H,4,6-7,9-10,12H2,1-2H3,(H,22,24)/t13-/m1/s1. The molecule has 28 heavy (non-hydrogen) atoms. The molecule has 0 aliphatic carbocycles. The molecule has 3 aromatic rings. The largest absolute Gasteiger partial charge is 0.377 e. The SMILES string of the molecule is C[C@@H]1COCCN1c1cc(C2=CCNCC2)c2c(n1)c(-c1ccn[nH]1)nn2C. The van der Waals surface area contributed by atoms with Crippen LogP contribution in [0.2, 0.25) is 0 Å². The fraction of sp³-hybridized carbons (Fsp3) is 0.450. The lowest BCUT2D eigenvalue weighted by molar-refractivity contribution is 0.0985. The highest BCUT2D eigenvalue weighted by Crippen LogP contribution is 2.35. The molecule has 0 radical (unpaired) electrons. The molecular weight excluding hydrogens is 354 g/mol.